The molecule has 8 nitrogen and oxygen atoms in total. The van der Waals surface area contributed by atoms with E-state index in [0.717, 1.165) is 41.3 Å². The fourth-order valence-corrected chi connectivity index (χ4v) is 7.82. The van der Waals surface area contributed by atoms with E-state index in [2.05, 4.69) is 16.0 Å². The molecular weight excluding hydrogens is 636 g/mol. The van der Waals surface area contributed by atoms with Crippen LogP contribution in [0.4, 0.5) is 8.78 Å². The molecule has 0 aliphatic carbocycles. The number of halogens is 2. The largest absolute Gasteiger partial charge is 0.390 e. The standard InChI is InChI=1S/C37H49F2N3O5S/c1-5-9-32(10-6-2)48(46,47)24-34(42-36(44)29-15-13-25(4)14-16-29)37(45)41-33(20-28-18-30(38)21-31(39)19-28)35(43)23-40-22-27-12-8-11-26(7-3)17-27/h8,11-19,21,32-35,40,43H,5-7,9-10,20,22-24H2,1-4H3,(H,41,45)(H,42,44)/t33-,34+,35+/m0/s1. The second-order valence-electron chi connectivity index (χ2n) is 12.4. The number of amides is 2. The van der Waals surface area contributed by atoms with E-state index in [1.807, 2.05) is 52.0 Å². The predicted molar refractivity (Wildman–Crippen MR) is 185 cm³/mol. The Morgan fingerprint density at radius 2 is 1.46 bits per heavy atom. The van der Waals surface area contributed by atoms with E-state index in [0.29, 0.717) is 32.2 Å². The van der Waals surface area contributed by atoms with E-state index in [4.69, 9.17) is 0 Å². The number of aliphatic hydroxyl groups is 1. The highest BCUT2D eigenvalue weighted by Crippen LogP contribution is 2.18. The van der Waals surface area contributed by atoms with Crippen molar-refractivity contribution in [3.63, 3.8) is 0 Å². The highest BCUT2D eigenvalue weighted by atomic mass is 32.2. The summed E-state index contributed by atoms with van der Waals surface area (Å²) >= 11 is 0. The first-order chi connectivity index (χ1) is 22.8. The van der Waals surface area contributed by atoms with Gasteiger partial charge in [0.1, 0.15) is 17.7 Å². The minimum Gasteiger partial charge on any atom is -0.390 e. The Labute approximate surface area is 283 Å². The summed E-state index contributed by atoms with van der Waals surface area (Å²) in [6, 6.07) is 14.9. The molecule has 0 spiro atoms. The molecule has 0 bridgehead atoms. The van der Waals surface area contributed by atoms with Crippen LogP contribution in [0.3, 0.4) is 0 Å². The minimum absolute atomic E-state index is 0.00681. The number of aliphatic hydroxyl groups excluding tert-OH is 1. The van der Waals surface area contributed by atoms with Gasteiger partial charge in [0, 0.05) is 24.7 Å². The molecule has 2 amide bonds. The Bertz CT molecular complexity index is 1570. The lowest BCUT2D eigenvalue weighted by molar-refractivity contribution is -0.124. The SMILES string of the molecule is CCCC(CCC)S(=O)(=O)C[C@@H](NC(=O)c1ccc(C)cc1)C(=O)N[C@@H](Cc1cc(F)cc(F)c1)[C@H](O)CNCc1cccc(CC)c1. The summed E-state index contributed by atoms with van der Waals surface area (Å²) in [6.45, 7) is 8.11. The smallest absolute Gasteiger partial charge is 0.251 e. The highest BCUT2D eigenvalue weighted by Gasteiger charge is 2.34. The lowest BCUT2D eigenvalue weighted by atomic mass is 10.00. The van der Waals surface area contributed by atoms with Crippen LogP contribution in [0, 0.1) is 18.6 Å². The molecule has 262 valence electrons. The van der Waals surface area contributed by atoms with Crippen LogP contribution >= 0.6 is 0 Å². The van der Waals surface area contributed by atoms with Crippen LogP contribution in [0.1, 0.15) is 79.1 Å². The third kappa shape index (κ3) is 12.1. The van der Waals surface area contributed by atoms with Crippen molar-refractivity contribution < 1.29 is 31.9 Å². The normalized spacial score (nSPS) is 13.6. The number of aryl methyl sites for hydroxylation is 2. The van der Waals surface area contributed by atoms with Gasteiger partial charge in [-0.3, -0.25) is 9.59 Å². The van der Waals surface area contributed by atoms with Crippen molar-refractivity contribution >= 4 is 21.7 Å². The number of carbonyl (C=O) groups is 2. The Morgan fingerprint density at radius 3 is 2.06 bits per heavy atom. The van der Waals surface area contributed by atoms with E-state index in [-0.39, 0.29) is 24.1 Å². The number of carbonyl (C=O) groups excluding carboxylic acids is 2. The topological polar surface area (TPSA) is 125 Å². The molecule has 3 aromatic rings. The van der Waals surface area contributed by atoms with Crippen LogP contribution in [0.2, 0.25) is 0 Å². The summed E-state index contributed by atoms with van der Waals surface area (Å²) in [6.07, 6.45) is 1.55. The van der Waals surface area contributed by atoms with Gasteiger partial charge in [0.25, 0.3) is 5.91 Å². The van der Waals surface area contributed by atoms with Crippen molar-refractivity contribution in [2.75, 3.05) is 12.3 Å². The lowest BCUT2D eigenvalue weighted by Gasteiger charge is -2.28. The van der Waals surface area contributed by atoms with Crippen molar-refractivity contribution in [2.24, 2.45) is 0 Å². The average molecular weight is 686 g/mol. The minimum atomic E-state index is -3.85. The highest BCUT2D eigenvalue weighted by molar-refractivity contribution is 7.92. The first-order valence-corrected chi connectivity index (χ1v) is 18.4. The van der Waals surface area contributed by atoms with Gasteiger partial charge in [-0.2, -0.15) is 0 Å². The Kier molecular flexibility index (Phi) is 15.2. The number of hydrogen-bond acceptors (Lipinski definition) is 6. The average Bonchev–Trinajstić information content (AvgIpc) is 3.03. The summed E-state index contributed by atoms with van der Waals surface area (Å²) in [5, 5.41) is 19.1. The van der Waals surface area contributed by atoms with Crippen molar-refractivity contribution in [1.29, 1.82) is 0 Å². The molecular formula is C37H49F2N3O5S. The van der Waals surface area contributed by atoms with Crippen LogP contribution in [-0.4, -0.2) is 61.1 Å². The van der Waals surface area contributed by atoms with Crippen LogP contribution in [0.25, 0.3) is 0 Å². The maximum absolute atomic E-state index is 14.1. The van der Waals surface area contributed by atoms with Gasteiger partial charge in [-0.05, 0) is 73.6 Å². The quantitative estimate of drug-likeness (QED) is 0.138. The van der Waals surface area contributed by atoms with Crippen LogP contribution in [0.5, 0.6) is 0 Å². The lowest BCUT2D eigenvalue weighted by Crippen LogP contribution is -2.57. The van der Waals surface area contributed by atoms with Crippen LogP contribution in [-0.2, 0) is 34.0 Å². The number of rotatable bonds is 19. The molecule has 3 rings (SSSR count). The first kappa shape index (κ1) is 38.8. The van der Waals surface area contributed by atoms with E-state index in [1.54, 1.807) is 24.3 Å². The third-order valence-electron chi connectivity index (χ3n) is 8.32. The Hall–Kier alpha value is -3.67. The predicted octanol–water partition coefficient (Wildman–Crippen LogP) is 5.20. The van der Waals surface area contributed by atoms with Gasteiger partial charge in [-0.1, -0.05) is 75.6 Å². The van der Waals surface area contributed by atoms with E-state index in [1.165, 1.54) is 0 Å². The van der Waals surface area contributed by atoms with Gasteiger partial charge in [0.2, 0.25) is 5.91 Å². The van der Waals surface area contributed by atoms with E-state index in [9.17, 15) is 31.9 Å². The summed E-state index contributed by atoms with van der Waals surface area (Å²) in [7, 11) is -3.85. The molecule has 11 heteroatoms. The summed E-state index contributed by atoms with van der Waals surface area (Å²) < 4.78 is 55.5. The summed E-state index contributed by atoms with van der Waals surface area (Å²) in [4.78, 5) is 27.2. The Balaban J connectivity index is 1.89. The van der Waals surface area contributed by atoms with Gasteiger partial charge < -0.3 is 21.1 Å². The van der Waals surface area contributed by atoms with Crippen LogP contribution in [0.15, 0.2) is 66.7 Å². The zero-order valence-electron chi connectivity index (χ0n) is 28.3. The van der Waals surface area contributed by atoms with E-state index < -0.39 is 62.5 Å². The summed E-state index contributed by atoms with van der Waals surface area (Å²) in [5.41, 5.74) is 3.50. The van der Waals surface area contributed by atoms with Gasteiger partial charge in [-0.15, -0.1) is 0 Å². The fraction of sp³-hybridized carbons (Fsp3) is 0.459. The molecule has 0 radical (unpaired) electrons. The second-order valence-corrected chi connectivity index (χ2v) is 14.7. The maximum atomic E-state index is 14.1. The number of hydrogen-bond donors (Lipinski definition) is 4. The molecule has 0 saturated carbocycles. The molecule has 3 aromatic carbocycles. The zero-order chi connectivity index (χ0) is 35.3. The van der Waals surface area contributed by atoms with Crippen LogP contribution < -0.4 is 16.0 Å². The molecule has 0 aliphatic heterocycles. The number of nitrogens with one attached hydrogen (secondary N) is 3. The van der Waals surface area contributed by atoms with Gasteiger partial charge in [0.15, 0.2) is 9.84 Å². The number of sulfone groups is 1. The van der Waals surface area contributed by atoms with Gasteiger partial charge >= 0.3 is 0 Å². The van der Waals surface area contributed by atoms with Crippen molar-refractivity contribution in [1.82, 2.24) is 16.0 Å². The number of benzene rings is 3. The molecule has 0 heterocycles. The molecule has 0 aliphatic rings. The molecule has 0 fully saturated rings. The zero-order valence-corrected chi connectivity index (χ0v) is 29.1. The maximum Gasteiger partial charge on any atom is 0.251 e. The monoisotopic (exact) mass is 685 g/mol. The van der Waals surface area contributed by atoms with Crippen molar-refractivity contribution in [2.45, 2.75) is 96.2 Å². The van der Waals surface area contributed by atoms with Crippen molar-refractivity contribution in [3.8, 4) is 0 Å². The van der Waals surface area contributed by atoms with Gasteiger partial charge in [-0.25, -0.2) is 17.2 Å². The molecule has 0 aromatic heterocycles. The second kappa shape index (κ2) is 18.8. The van der Waals surface area contributed by atoms with Gasteiger partial charge in [0.05, 0.1) is 23.1 Å². The summed E-state index contributed by atoms with van der Waals surface area (Å²) in [5.74, 6) is -3.74. The molecule has 4 N–H and O–H groups in total. The fourth-order valence-electron chi connectivity index (χ4n) is 5.66. The molecule has 0 unspecified atom stereocenters. The first-order valence-electron chi connectivity index (χ1n) is 16.7. The van der Waals surface area contributed by atoms with Crippen molar-refractivity contribution in [3.05, 3.63) is 106 Å². The Morgan fingerprint density at radius 1 is 0.833 bits per heavy atom. The third-order valence-corrected chi connectivity index (χ3v) is 10.6. The molecule has 48 heavy (non-hydrogen) atoms. The molecule has 3 atom stereocenters. The molecule has 0 saturated heterocycles. The van der Waals surface area contributed by atoms with E-state index >= 15 is 0 Å².